The monoisotopic (exact) mass is 496 g/mol. The van der Waals surface area contributed by atoms with Gasteiger partial charge < -0.3 is 0 Å². The number of benzene rings is 3. The van der Waals surface area contributed by atoms with Crippen LogP contribution in [0.4, 0.5) is 0 Å². The van der Waals surface area contributed by atoms with Gasteiger partial charge in [-0.2, -0.15) is 0 Å². The Bertz CT molecular complexity index is 1070. The summed E-state index contributed by atoms with van der Waals surface area (Å²) in [4.78, 5) is 0. The number of hydrogen-bond donors (Lipinski definition) is 0. The summed E-state index contributed by atoms with van der Waals surface area (Å²) in [6.45, 7) is 4.95. The Kier molecular flexibility index (Phi) is 7.61. The van der Waals surface area contributed by atoms with E-state index in [0.29, 0.717) is 3.72 Å². The van der Waals surface area contributed by atoms with E-state index in [1.807, 2.05) is 5.57 Å². The predicted molar refractivity (Wildman–Crippen MR) is 147 cm³/mol. The fourth-order valence-corrected chi connectivity index (χ4v) is 18.4. The molecule has 0 nitrogen and oxygen atoms in total. The second-order valence-corrected chi connectivity index (χ2v) is 17.7. The van der Waals surface area contributed by atoms with Gasteiger partial charge in [0.1, 0.15) is 0 Å². The number of rotatable bonds is 9. The van der Waals surface area contributed by atoms with Gasteiger partial charge in [0.2, 0.25) is 0 Å². The van der Waals surface area contributed by atoms with Gasteiger partial charge in [-0.15, -0.1) is 0 Å². The van der Waals surface area contributed by atoms with E-state index in [-0.39, 0.29) is 0 Å². The molecule has 3 aromatic rings. The molecule has 2 aliphatic rings. The molecule has 0 aromatic heterocycles. The zero-order chi connectivity index (χ0) is 24.1. The molecule has 0 amide bonds. The molecule has 5 rings (SSSR count). The summed E-state index contributed by atoms with van der Waals surface area (Å²) in [5, 5.41) is 0. The molecular formula is C34H40Ti. The van der Waals surface area contributed by atoms with Crippen LogP contribution in [-0.4, -0.2) is 0 Å². The summed E-state index contributed by atoms with van der Waals surface area (Å²) in [6.07, 6.45) is 10.5. The van der Waals surface area contributed by atoms with Crippen molar-refractivity contribution in [3.05, 3.63) is 130 Å². The van der Waals surface area contributed by atoms with Gasteiger partial charge in [0.25, 0.3) is 0 Å². The van der Waals surface area contributed by atoms with Gasteiger partial charge in [0, 0.05) is 0 Å². The van der Waals surface area contributed by atoms with Crippen LogP contribution in [0, 0.1) is 0 Å². The van der Waals surface area contributed by atoms with Crippen molar-refractivity contribution >= 4 is 0 Å². The molecule has 0 heterocycles. The van der Waals surface area contributed by atoms with E-state index >= 15 is 0 Å². The Morgan fingerprint density at radius 2 is 1.09 bits per heavy atom. The van der Waals surface area contributed by atoms with Crippen LogP contribution in [0.5, 0.6) is 0 Å². The van der Waals surface area contributed by atoms with Crippen molar-refractivity contribution in [1.29, 1.82) is 0 Å². The minimum absolute atomic E-state index is 0.298. The van der Waals surface area contributed by atoms with Crippen LogP contribution in [0.15, 0.2) is 114 Å². The molecule has 0 saturated heterocycles. The van der Waals surface area contributed by atoms with E-state index in [0.717, 1.165) is 0 Å². The van der Waals surface area contributed by atoms with Crippen molar-refractivity contribution in [2.45, 2.75) is 70.3 Å². The molecule has 1 atom stereocenters. The Morgan fingerprint density at radius 3 is 1.51 bits per heavy atom. The van der Waals surface area contributed by atoms with Crippen LogP contribution in [0.25, 0.3) is 0 Å². The summed E-state index contributed by atoms with van der Waals surface area (Å²) in [6, 6.07) is 34.5. The second kappa shape index (κ2) is 10.9. The van der Waals surface area contributed by atoms with E-state index in [4.69, 9.17) is 0 Å². The Hall–Kier alpha value is -2.15. The van der Waals surface area contributed by atoms with Gasteiger partial charge in [-0.1, -0.05) is 0 Å². The third kappa shape index (κ3) is 4.68. The summed E-state index contributed by atoms with van der Waals surface area (Å²) in [5.74, 6) is 0. The van der Waals surface area contributed by atoms with Crippen LogP contribution in [-0.2, 0) is 30.8 Å². The van der Waals surface area contributed by atoms with Gasteiger partial charge in [-0.3, -0.25) is 0 Å². The molecule has 1 unspecified atom stereocenters. The zero-order valence-electron chi connectivity index (χ0n) is 21.6. The molecular weight excluding hydrogens is 456 g/mol. The Labute approximate surface area is 216 Å². The Morgan fingerprint density at radius 1 is 0.629 bits per heavy atom. The zero-order valence-corrected chi connectivity index (χ0v) is 23.2. The Balaban J connectivity index is 1.76. The van der Waals surface area contributed by atoms with Crippen LogP contribution < -0.4 is 0 Å². The maximum absolute atomic E-state index is 2.80. The first-order chi connectivity index (χ1) is 17.2. The maximum atomic E-state index is 2.69. The second-order valence-electron chi connectivity index (χ2n) is 10.8. The summed E-state index contributed by atoms with van der Waals surface area (Å²) in [5.41, 5.74) is 10.0. The quantitative estimate of drug-likeness (QED) is 0.259. The number of hydrogen-bond acceptors (Lipinski definition) is 0. The summed E-state index contributed by atoms with van der Waals surface area (Å²) >= 11 is -2.80. The molecule has 35 heavy (non-hydrogen) atoms. The van der Waals surface area contributed by atoms with E-state index in [1.54, 1.807) is 27.8 Å². The van der Waals surface area contributed by atoms with Crippen LogP contribution in [0.1, 0.15) is 69.1 Å². The minimum atomic E-state index is -2.80. The molecule has 1 heteroatoms. The molecule has 0 radical (unpaired) electrons. The topological polar surface area (TPSA) is 0 Å². The van der Waals surface area contributed by atoms with Gasteiger partial charge in [0.15, 0.2) is 0 Å². The first kappa shape index (κ1) is 24.5. The van der Waals surface area contributed by atoms with E-state index < -0.39 is 16.6 Å². The van der Waals surface area contributed by atoms with E-state index in [2.05, 4.69) is 111 Å². The molecule has 2 aliphatic carbocycles. The average Bonchev–Trinajstić information content (AvgIpc) is 3.25. The summed E-state index contributed by atoms with van der Waals surface area (Å²) < 4.78 is 4.15. The van der Waals surface area contributed by atoms with Crippen LogP contribution in [0.3, 0.4) is 0 Å². The first-order valence-electron chi connectivity index (χ1n) is 13.8. The third-order valence-electron chi connectivity index (χ3n) is 8.89. The fourth-order valence-electron chi connectivity index (χ4n) is 7.58. The van der Waals surface area contributed by atoms with Gasteiger partial charge >= 0.3 is 217 Å². The first-order valence-corrected chi connectivity index (χ1v) is 17.9. The molecule has 0 bridgehead atoms. The summed E-state index contributed by atoms with van der Waals surface area (Å²) in [7, 11) is 0. The van der Waals surface area contributed by atoms with E-state index in [9.17, 15) is 0 Å². The van der Waals surface area contributed by atoms with Crippen molar-refractivity contribution in [2.24, 2.45) is 0 Å². The average molecular weight is 497 g/mol. The molecule has 3 aromatic carbocycles. The molecule has 0 saturated carbocycles. The van der Waals surface area contributed by atoms with Crippen LogP contribution >= 0.6 is 0 Å². The predicted octanol–water partition coefficient (Wildman–Crippen LogP) is 9.53. The van der Waals surface area contributed by atoms with Gasteiger partial charge in [-0.05, 0) is 0 Å². The standard InChI is InChI=1S/C13H19.3C7H7.Ti/c1-3-10-9-11-7-5-6-8-13(11)12(10)4-2;3*1-7-5-3-2-4-6-7;/h9H,3-8H2,1-2H3;3*2-6H,1H2;. The van der Waals surface area contributed by atoms with Crippen molar-refractivity contribution in [3.63, 3.8) is 0 Å². The van der Waals surface area contributed by atoms with Crippen molar-refractivity contribution in [1.82, 2.24) is 0 Å². The molecule has 180 valence electrons. The molecule has 0 spiro atoms. The molecule has 0 N–H and O–H groups in total. The van der Waals surface area contributed by atoms with E-state index in [1.165, 1.54) is 52.7 Å². The van der Waals surface area contributed by atoms with Crippen molar-refractivity contribution in [2.75, 3.05) is 0 Å². The molecule has 0 fully saturated rings. The number of allylic oxidation sites excluding steroid dienone is 4. The fraction of sp³-hybridized carbons (Fsp3) is 0.353. The third-order valence-corrected chi connectivity index (χ3v) is 18.3. The normalized spacial score (nSPS) is 20.0. The van der Waals surface area contributed by atoms with Gasteiger partial charge in [-0.25, -0.2) is 0 Å². The molecule has 0 aliphatic heterocycles. The van der Waals surface area contributed by atoms with Gasteiger partial charge in [0.05, 0.1) is 0 Å². The van der Waals surface area contributed by atoms with Crippen molar-refractivity contribution < 1.29 is 16.6 Å². The SMILES string of the molecule is CCC1=CC2=C(CCCC2)[C]1(CC)[Ti]([CH2]c1ccccc1)([CH2]c1ccccc1)[CH2]c1ccccc1. The van der Waals surface area contributed by atoms with Crippen LogP contribution in [0.2, 0.25) is 3.72 Å². The van der Waals surface area contributed by atoms with Crippen molar-refractivity contribution in [3.8, 4) is 0 Å².